The van der Waals surface area contributed by atoms with E-state index in [1.165, 1.54) is 16.2 Å². The summed E-state index contributed by atoms with van der Waals surface area (Å²) in [6.07, 6.45) is 13.0. The van der Waals surface area contributed by atoms with E-state index < -0.39 is 10.0 Å². The predicted octanol–water partition coefficient (Wildman–Crippen LogP) is 3.59. The Hall–Kier alpha value is -4.33. The molecule has 0 radical (unpaired) electrons. The molecule has 3 aromatic heterocycles. The summed E-state index contributed by atoms with van der Waals surface area (Å²) in [4.78, 5) is 31.2. The van der Waals surface area contributed by atoms with Crippen LogP contribution in [0, 0.1) is 6.92 Å². The van der Waals surface area contributed by atoms with E-state index in [1.54, 1.807) is 10.8 Å². The molecule has 1 aromatic carbocycles. The lowest BCUT2D eigenvalue weighted by atomic mass is 10.0. The van der Waals surface area contributed by atoms with Crippen LogP contribution in [0.4, 0.5) is 17.3 Å². The Morgan fingerprint density at radius 2 is 1.83 bits per heavy atom. The lowest BCUT2D eigenvalue weighted by molar-refractivity contribution is 0.275. The van der Waals surface area contributed by atoms with Gasteiger partial charge >= 0.3 is 0 Å². The molecular weight excluding hydrogens is 602 g/mol. The van der Waals surface area contributed by atoms with Crippen molar-refractivity contribution in [3.63, 3.8) is 0 Å². The van der Waals surface area contributed by atoms with Gasteiger partial charge in [0.25, 0.3) is 5.56 Å². The average molecular weight is 642 g/mol. The first kappa shape index (κ1) is 30.3. The monoisotopic (exact) mass is 641 g/mol. The number of nitrogens with zero attached hydrogens (tertiary/aromatic N) is 7. The molecule has 0 bridgehead atoms. The summed E-state index contributed by atoms with van der Waals surface area (Å²) in [5.74, 6) is 0.947. The molecule has 2 N–H and O–H groups in total. The Morgan fingerprint density at radius 1 is 1.04 bits per heavy atom. The maximum atomic E-state index is 14.4. The highest BCUT2D eigenvalue weighted by Crippen LogP contribution is 2.31. The number of pyridine rings is 1. The summed E-state index contributed by atoms with van der Waals surface area (Å²) in [5, 5.41) is 7.46. The van der Waals surface area contributed by atoms with E-state index in [9.17, 15) is 13.2 Å². The zero-order valence-corrected chi connectivity index (χ0v) is 27.2. The van der Waals surface area contributed by atoms with Crippen molar-refractivity contribution in [3.8, 4) is 11.4 Å². The fourth-order valence-electron chi connectivity index (χ4n) is 6.74. The first-order valence-electron chi connectivity index (χ1n) is 15.8. The average Bonchev–Trinajstić information content (AvgIpc) is 3.71. The highest BCUT2D eigenvalue weighted by molar-refractivity contribution is 7.88. The first-order chi connectivity index (χ1) is 22.2. The molecule has 240 valence electrons. The van der Waals surface area contributed by atoms with Gasteiger partial charge in [-0.1, -0.05) is 18.2 Å². The van der Waals surface area contributed by atoms with Crippen molar-refractivity contribution in [1.29, 1.82) is 0 Å². The summed E-state index contributed by atoms with van der Waals surface area (Å²) in [6, 6.07) is 7.83. The van der Waals surface area contributed by atoms with Crippen molar-refractivity contribution in [2.75, 3.05) is 55.7 Å². The predicted molar refractivity (Wildman–Crippen MR) is 182 cm³/mol. The minimum atomic E-state index is -3.32. The van der Waals surface area contributed by atoms with Crippen molar-refractivity contribution in [3.05, 3.63) is 76.5 Å². The van der Waals surface area contributed by atoms with Gasteiger partial charge in [0.15, 0.2) is 0 Å². The number of piperazine rings is 1. The molecular formula is C33H39N9O3S. The van der Waals surface area contributed by atoms with Gasteiger partial charge in [-0.25, -0.2) is 22.7 Å². The molecule has 0 unspecified atom stereocenters. The first-order valence-corrected chi connectivity index (χ1v) is 17.6. The molecule has 2 saturated heterocycles. The summed E-state index contributed by atoms with van der Waals surface area (Å²) >= 11 is 0. The van der Waals surface area contributed by atoms with E-state index in [4.69, 9.17) is 9.97 Å². The van der Waals surface area contributed by atoms with Crippen LogP contribution in [0.5, 0.6) is 0 Å². The van der Waals surface area contributed by atoms with Crippen LogP contribution in [0.1, 0.15) is 36.6 Å². The summed E-state index contributed by atoms with van der Waals surface area (Å²) in [7, 11) is -1.43. The maximum absolute atomic E-state index is 14.4. The SMILES string of the molecule is Cc1cc(Nc2ncc3cc(-c4nc(C5=CCC=C5)cn4C)c(=O)n(C4CCN(S(C)(=O)=O)CC4)c3n2)ccc1N1CCNCC1. The van der Waals surface area contributed by atoms with E-state index in [1.807, 2.05) is 36.0 Å². The lowest BCUT2D eigenvalue weighted by Crippen LogP contribution is -2.43. The number of anilines is 3. The molecule has 0 amide bonds. The number of piperidine rings is 1. The Morgan fingerprint density at radius 3 is 2.52 bits per heavy atom. The molecule has 4 aromatic rings. The van der Waals surface area contributed by atoms with Gasteiger partial charge < -0.3 is 20.1 Å². The number of allylic oxidation sites excluding steroid dienone is 4. The van der Waals surface area contributed by atoms with Crippen molar-refractivity contribution < 1.29 is 8.42 Å². The zero-order chi connectivity index (χ0) is 32.0. The van der Waals surface area contributed by atoms with Gasteiger partial charge in [-0.05, 0) is 61.6 Å². The number of rotatable bonds is 7. The van der Waals surface area contributed by atoms with Crippen LogP contribution in [-0.2, 0) is 17.1 Å². The van der Waals surface area contributed by atoms with Crippen LogP contribution in [0.15, 0.2) is 59.7 Å². The van der Waals surface area contributed by atoms with Gasteiger partial charge in [-0.15, -0.1) is 0 Å². The van der Waals surface area contributed by atoms with Crippen LogP contribution in [-0.4, -0.2) is 82.3 Å². The lowest BCUT2D eigenvalue weighted by Gasteiger charge is -2.32. The van der Waals surface area contributed by atoms with Crippen molar-refractivity contribution in [2.24, 2.45) is 7.05 Å². The number of aromatic nitrogens is 5. The fraction of sp³-hybridized carbons (Fsp3) is 0.394. The number of fused-ring (bicyclic) bond motifs is 1. The second-order valence-electron chi connectivity index (χ2n) is 12.3. The number of hydrogen-bond donors (Lipinski definition) is 2. The molecule has 12 nitrogen and oxygen atoms in total. The van der Waals surface area contributed by atoms with Gasteiger partial charge in [0, 0.05) is 81.5 Å². The fourth-order valence-corrected chi connectivity index (χ4v) is 7.61. The van der Waals surface area contributed by atoms with E-state index in [0.29, 0.717) is 54.3 Å². The third-order valence-corrected chi connectivity index (χ3v) is 10.4. The minimum absolute atomic E-state index is 0.206. The van der Waals surface area contributed by atoms with Gasteiger partial charge in [0.05, 0.1) is 17.5 Å². The number of imidazole rings is 1. The molecule has 0 spiro atoms. The number of nitrogens with one attached hydrogen (secondary N) is 2. The largest absolute Gasteiger partial charge is 0.369 e. The molecule has 1 aliphatic carbocycles. The summed E-state index contributed by atoms with van der Waals surface area (Å²) in [6.45, 7) is 6.66. The Labute approximate surface area is 268 Å². The second kappa shape index (κ2) is 12.1. The molecule has 46 heavy (non-hydrogen) atoms. The van der Waals surface area contributed by atoms with Crippen LogP contribution in [0.2, 0.25) is 0 Å². The quantitative estimate of drug-likeness (QED) is 0.311. The standard InChI is InChI=1S/C33H39N9O3S/c1-22-18-25(8-9-29(22)40-16-12-34-13-17-40)36-33-35-20-24-19-27(31-37-28(21-39(31)2)23-6-4-5-7-23)32(43)42(30(24)38-33)26-10-14-41(15-11-26)46(3,44)45/h4,6-9,18-21,26,34H,5,10-17H2,1-3H3,(H,35,36,38). The zero-order valence-electron chi connectivity index (χ0n) is 26.4. The van der Waals surface area contributed by atoms with Crippen molar-refractivity contribution >= 4 is 44.0 Å². The van der Waals surface area contributed by atoms with Crippen molar-refractivity contribution in [1.82, 2.24) is 33.7 Å². The van der Waals surface area contributed by atoms with Crippen molar-refractivity contribution in [2.45, 2.75) is 32.2 Å². The Balaban J connectivity index is 1.27. The van der Waals surface area contributed by atoms with Gasteiger partial charge in [0.1, 0.15) is 11.5 Å². The Kier molecular flexibility index (Phi) is 7.99. The Bertz CT molecular complexity index is 2030. The summed E-state index contributed by atoms with van der Waals surface area (Å²) < 4.78 is 29.6. The highest BCUT2D eigenvalue weighted by Gasteiger charge is 2.29. The van der Waals surface area contributed by atoms with Crippen LogP contribution >= 0.6 is 0 Å². The van der Waals surface area contributed by atoms with Crippen LogP contribution in [0.25, 0.3) is 28.0 Å². The maximum Gasteiger partial charge on any atom is 0.263 e. The van der Waals surface area contributed by atoms with Gasteiger partial charge in [0.2, 0.25) is 16.0 Å². The molecule has 2 aliphatic heterocycles. The topological polar surface area (TPSA) is 130 Å². The van der Waals surface area contributed by atoms with E-state index in [0.717, 1.165) is 55.1 Å². The highest BCUT2D eigenvalue weighted by atomic mass is 32.2. The molecule has 5 heterocycles. The van der Waals surface area contributed by atoms with E-state index in [-0.39, 0.29) is 11.6 Å². The number of hydrogen-bond acceptors (Lipinski definition) is 9. The molecule has 13 heteroatoms. The van der Waals surface area contributed by atoms with Crippen LogP contribution < -0.4 is 21.1 Å². The second-order valence-corrected chi connectivity index (χ2v) is 14.3. The normalized spacial score (nSPS) is 18.0. The smallest absolute Gasteiger partial charge is 0.263 e. The number of aryl methyl sites for hydroxylation is 2. The van der Waals surface area contributed by atoms with E-state index >= 15 is 0 Å². The summed E-state index contributed by atoms with van der Waals surface area (Å²) in [5.41, 5.74) is 5.84. The van der Waals surface area contributed by atoms with E-state index in [2.05, 4.69) is 51.7 Å². The molecule has 0 saturated carbocycles. The third-order valence-electron chi connectivity index (χ3n) is 9.13. The van der Waals surface area contributed by atoms with Gasteiger partial charge in [-0.2, -0.15) is 4.98 Å². The molecule has 2 fully saturated rings. The molecule has 7 rings (SSSR count). The van der Waals surface area contributed by atoms with Crippen LogP contribution in [0.3, 0.4) is 0 Å². The number of sulfonamides is 1. The molecule has 3 aliphatic rings. The molecule has 0 atom stereocenters. The minimum Gasteiger partial charge on any atom is -0.369 e. The third kappa shape index (κ3) is 5.85. The van der Waals surface area contributed by atoms with Gasteiger partial charge in [-0.3, -0.25) is 9.36 Å². The number of benzene rings is 1.